The van der Waals surface area contributed by atoms with E-state index in [1.165, 1.54) is 21.9 Å². The van der Waals surface area contributed by atoms with Gasteiger partial charge in [0.2, 0.25) is 0 Å². The summed E-state index contributed by atoms with van der Waals surface area (Å²) in [5, 5.41) is 3.56. The molecule has 19 heavy (non-hydrogen) atoms. The molecule has 0 radical (unpaired) electrons. The Hall–Kier alpha value is -1.19. The van der Waals surface area contributed by atoms with E-state index < -0.39 is 0 Å². The molecule has 0 saturated heterocycles. The highest BCUT2D eigenvalue weighted by Crippen LogP contribution is 2.19. The Morgan fingerprint density at radius 1 is 1.11 bits per heavy atom. The van der Waals surface area contributed by atoms with Gasteiger partial charge in [0.1, 0.15) is 5.82 Å². The van der Waals surface area contributed by atoms with Gasteiger partial charge in [-0.1, -0.05) is 12.1 Å². The Bertz CT molecular complexity index is 518. The SMILES string of the molecule is Cc1ccc(CC(C)NC(C)c2ccc(F)cc2)s1. The average Bonchev–Trinajstić information content (AvgIpc) is 2.75. The second kappa shape index (κ2) is 6.31. The molecule has 0 bridgehead atoms. The minimum Gasteiger partial charge on any atom is -0.307 e. The van der Waals surface area contributed by atoms with E-state index in [0.29, 0.717) is 6.04 Å². The summed E-state index contributed by atoms with van der Waals surface area (Å²) in [7, 11) is 0. The molecule has 3 heteroatoms. The minimum atomic E-state index is -0.182. The van der Waals surface area contributed by atoms with Gasteiger partial charge in [0.05, 0.1) is 0 Å². The lowest BCUT2D eigenvalue weighted by atomic mass is 10.1. The van der Waals surface area contributed by atoms with E-state index in [0.717, 1.165) is 12.0 Å². The minimum absolute atomic E-state index is 0.182. The van der Waals surface area contributed by atoms with E-state index in [1.807, 2.05) is 23.5 Å². The fourth-order valence-corrected chi connectivity index (χ4v) is 3.25. The fraction of sp³-hybridized carbons (Fsp3) is 0.375. The molecule has 0 aliphatic rings. The van der Waals surface area contributed by atoms with Crippen molar-refractivity contribution in [1.29, 1.82) is 0 Å². The second-order valence-electron chi connectivity index (χ2n) is 5.06. The maximum atomic E-state index is 12.9. The van der Waals surface area contributed by atoms with Gasteiger partial charge in [0, 0.05) is 21.8 Å². The van der Waals surface area contributed by atoms with Gasteiger partial charge in [-0.3, -0.25) is 0 Å². The van der Waals surface area contributed by atoms with Crippen LogP contribution in [0, 0.1) is 12.7 Å². The molecule has 2 aromatic rings. The smallest absolute Gasteiger partial charge is 0.123 e. The van der Waals surface area contributed by atoms with E-state index in [-0.39, 0.29) is 11.9 Å². The Labute approximate surface area is 118 Å². The van der Waals surface area contributed by atoms with Crippen LogP contribution in [0.4, 0.5) is 4.39 Å². The topological polar surface area (TPSA) is 12.0 Å². The lowest BCUT2D eigenvalue weighted by Gasteiger charge is -2.20. The number of nitrogens with one attached hydrogen (secondary N) is 1. The van der Waals surface area contributed by atoms with Gasteiger partial charge in [-0.05, 0) is 57.0 Å². The summed E-state index contributed by atoms with van der Waals surface area (Å²) in [6.45, 7) is 6.44. The van der Waals surface area contributed by atoms with Crippen LogP contribution in [0.3, 0.4) is 0 Å². The van der Waals surface area contributed by atoms with E-state index in [4.69, 9.17) is 0 Å². The van der Waals surface area contributed by atoms with Crippen molar-refractivity contribution in [3.05, 3.63) is 57.5 Å². The zero-order chi connectivity index (χ0) is 13.8. The molecule has 2 unspecified atom stereocenters. The Balaban J connectivity index is 1.91. The van der Waals surface area contributed by atoms with Gasteiger partial charge in [0.15, 0.2) is 0 Å². The third kappa shape index (κ3) is 4.15. The summed E-state index contributed by atoms with van der Waals surface area (Å²) in [5.41, 5.74) is 1.12. The van der Waals surface area contributed by atoms with Gasteiger partial charge >= 0.3 is 0 Å². The number of hydrogen-bond acceptors (Lipinski definition) is 2. The first-order valence-electron chi connectivity index (χ1n) is 6.61. The molecular weight excluding hydrogens is 257 g/mol. The van der Waals surface area contributed by atoms with Crippen LogP contribution >= 0.6 is 11.3 Å². The molecule has 1 aromatic heterocycles. The summed E-state index contributed by atoms with van der Waals surface area (Å²) in [6.07, 6.45) is 1.03. The van der Waals surface area contributed by atoms with E-state index in [9.17, 15) is 4.39 Å². The molecule has 102 valence electrons. The van der Waals surface area contributed by atoms with E-state index in [2.05, 4.69) is 38.2 Å². The molecule has 0 fully saturated rings. The Morgan fingerprint density at radius 3 is 2.37 bits per heavy atom. The molecular formula is C16H20FNS. The first kappa shape index (κ1) is 14.2. The molecule has 1 nitrogen and oxygen atoms in total. The van der Waals surface area contributed by atoms with Gasteiger partial charge in [-0.15, -0.1) is 11.3 Å². The summed E-state index contributed by atoms with van der Waals surface area (Å²) in [4.78, 5) is 2.76. The zero-order valence-electron chi connectivity index (χ0n) is 11.6. The third-order valence-corrected chi connectivity index (χ3v) is 4.23. The van der Waals surface area contributed by atoms with Crippen molar-refractivity contribution in [3.63, 3.8) is 0 Å². The van der Waals surface area contributed by atoms with Crippen molar-refractivity contribution in [2.45, 2.75) is 39.3 Å². The molecule has 0 amide bonds. The molecule has 2 rings (SSSR count). The molecule has 1 N–H and O–H groups in total. The first-order valence-corrected chi connectivity index (χ1v) is 7.43. The standard InChI is InChI=1S/C16H20FNS/c1-11(10-16-9-4-12(2)19-16)18-13(3)14-5-7-15(17)8-6-14/h4-9,11,13,18H,10H2,1-3H3. The average molecular weight is 277 g/mol. The number of aryl methyl sites for hydroxylation is 1. The third-order valence-electron chi connectivity index (χ3n) is 3.21. The first-order chi connectivity index (χ1) is 9.04. The summed E-state index contributed by atoms with van der Waals surface area (Å²) in [6, 6.07) is 11.7. The number of hydrogen-bond donors (Lipinski definition) is 1. The van der Waals surface area contributed by atoms with Crippen molar-refractivity contribution in [1.82, 2.24) is 5.32 Å². The lowest BCUT2D eigenvalue weighted by Crippen LogP contribution is -2.30. The highest BCUT2D eigenvalue weighted by atomic mass is 32.1. The fourth-order valence-electron chi connectivity index (χ4n) is 2.23. The summed E-state index contributed by atoms with van der Waals surface area (Å²) >= 11 is 1.85. The van der Waals surface area contributed by atoms with E-state index >= 15 is 0 Å². The van der Waals surface area contributed by atoms with Crippen molar-refractivity contribution >= 4 is 11.3 Å². The van der Waals surface area contributed by atoms with Gasteiger partial charge in [0.25, 0.3) is 0 Å². The summed E-state index contributed by atoms with van der Waals surface area (Å²) in [5.74, 6) is -0.182. The quantitative estimate of drug-likeness (QED) is 0.850. The van der Waals surface area contributed by atoms with Gasteiger partial charge in [-0.25, -0.2) is 4.39 Å². The molecule has 1 heterocycles. The predicted octanol–water partition coefficient (Wildman–Crippen LogP) is 4.48. The number of rotatable bonds is 5. The van der Waals surface area contributed by atoms with Crippen molar-refractivity contribution in [3.8, 4) is 0 Å². The van der Waals surface area contributed by atoms with Crippen LogP contribution in [0.15, 0.2) is 36.4 Å². The highest BCUT2D eigenvalue weighted by Gasteiger charge is 2.10. The monoisotopic (exact) mass is 277 g/mol. The largest absolute Gasteiger partial charge is 0.307 e. The van der Waals surface area contributed by atoms with Crippen LogP contribution in [-0.4, -0.2) is 6.04 Å². The molecule has 0 spiro atoms. The molecule has 2 atom stereocenters. The second-order valence-corrected chi connectivity index (χ2v) is 6.43. The highest BCUT2D eigenvalue weighted by molar-refractivity contribution is 7.11. The van der Waals surface area contributed by atoms with Crippen LogP contribution in [0.2, 0.25) is 0 Å². The van der Waals surface area contributed by atoms with Gasteiger partial charge in [-0.2, -0.15) is 0 Å². The number of benzene rings is 1. The molecule has 0 aliphatic heterocycles. The maximum absolute atomic E-state index is 12.9. The molecule has 0 aliphatic carbocycles. The zero-order valence-corrected chi connectivity index (χ0v) is 12.4. The molecule has 1 aromatic carbocycles. The van der Waals surface area contributed by atoms with Crippen LogP contribution in [0.1, 0.15) is 35.2 Å². The van der Waals surface area contributed by atoms with Crippen molar-refractivity contribution < 1.29 is 4.39 Å². The van der Waals surface area contributed by atoms with Crippen LogP contribution < -0.4 is 5.32 Å². The Morgan fingerprint density at radius 2 is 1.79 bits per heavy atom. The Kier molecular flexibility index (Phi) is 4.72. The lowest BCUT2D eigenvalue weighted by molar-refractivity contribution is 0.478. The van der Waals surface area contributed by atoms with Crippen LogP contribution in [0.25, 0.3) is 0 Å². The van der Waals surface area contributed by atoms with Crippen molar-refractivity contribution in [2.75, 3.05) is 0 Å². The van der Waals surface area contributed by atoms with Gasteiger partial charge < -0.3 is 5.32 Å². The van der Waals surface area contributed by atoms with E-state index in [1.54, 1.807) is 0 Å². The normalized spacial score (nSPS) is 14.3. The number of halogens is 1. The summed E-state index contributed by atoms with van der Waals surface area (Å²) < 4.78 is 12.9. The maximum Gasteiger partial charge on any atom is 0.123 e. The van der Waals surface area contributed by atoms with Crippen molar-refractivity contribution in [2.24, 2.45) is 0 Å². The predicted molar refractivity (Wildman–Crippen MR) is 80.2 cm³/mol. The van der Waals surface area contributed by atoms with Crippen LogP contribution in [-0.2, 0) is 6.42 Å². The number of thiophene rings is 1. The molecule has 0 saturated carbocycles. The van der Waals surface area contributed by atoms with Crippen LogP contribution in [0.5, 0.6) is 0 Å².